The molecule has 1 N–H and O–H groups in total. The predicted molar refractivity (Wildman–Crippen MR) is 108 cm³/mol. The number of esters is 1. The first-order valence-corrected chi connectivity index (χ1v) is 11.0. The Hall–Kier alpha value is -2.20. The number of carbonyl (C=O) groups excluding carboxylic acids is 2. The monoisotopic (exact) mass is 441 g/mol. The molecular weight excluding hydrogens is 420 g/mol. The molecule has 2 amide bonds. The van der Waals surface area contributed by atoms with Crippen LogP contribution in [0.15, 0.2) is 34.1 Å². The van der Waals surface area contributed by atoms with E-state index in [1.807, 2.05) is 0 Å². The zero-order valence-electron chi connectivity index (χ0n) is 15.8. The van der Waals surface area contributed by atoms with Gasteiger partial charge in [-0.3, -0.25) is 9.88 Å². The average Bonchev–Trinajstić information content (AvgIpc) is 3.16. The minimum atomic E-state index is -1.03. The van der Waals surface area contributed by atoms with E-state index in [1.54, 1.807) is 18.6 Å². The highest BCUT2D eigenvalue weighted by molar-refractivity contribution is 8.02. The van der Waals surface area contributed by atoms with Crippen molar-refractivity contribution in [2.75, 3.05) is 18.1 Å². The Labute approximate surface area is 175 Å². The molecule has 2 aromatic rings. The maximum Gasteiger partial charge on any atom is 0.339 e. The summed E-state index contributed by atoms with van der Waals surface area (Å²) in [6, 6.07) is 2.76. The largest absolute Gasteiger partial charge is 0.464 e. The van der Waals surface area contributed by atoms with Crippen LogP contribution in [-0.2, 0) is 9.53 Å². The SMILES string of the molecule is CCOC(=O)C(NC(=O)N(CC1CCC1)c1ccc(F)c(F)c1)Sc1cncs1. The summed E-state index contributed by atoms with van der Waals surface area (Å²) < 4.78 is 32.9. The van der Waals surface area contributed by atoms with E-state index in [-0.39, 0.29) is 18.2 Å². The third-order valence-electron chi connectivity index (χ3n) is 4.52. The van der Waals surface area contributed by atoms with Crippen molar-refractivity contribution in [1.82, 2.24) is 10.3 Å². The quantitative estimate of drug-likeness (QED) is 0.373. The molecule has 1 aliphatic carbocycles. The van der Waals surface area contributed by atoms with Gasteiger partial charge in [0, 0.05) is 18.3 Å². The summed E-state index contributed by atoms with van der Waals surface area (Å²) in [6.45, 7) is 2.21. The van der Waals surface area contributed by atoms with Crippen LogP contribution in [-0.4, -0.2) is 35.5 Å². The number of aromatic nitrogens is 1. The Morgan fingerprint density at radius 3 is 2.76 bits per heavy atom. The number of thiazole rings is 1. The number of rotatable bonds is 8. The molecule has 156 valence electrons. The van der Waals surface area contributed by atoms with E-state index in [0.717, 1.165) is 47.4 Å². The second-order valence-electron chi connectivity index (χ2n) is 6.53. The molecule has 1 fully saturated rings. The van der Waals surface area contributed by atoms with Gasteiger partial charge >= 0.3 is 12.0 Å². The van der Waals surface area contributed by atoms with Gasteiger partial charge in [0.05, 0.1) is 22.5 Å². The van der Waals surface area contributed by atoms with Gasteiger partial charge in [0.15, 0.2) is 17.0 Å². The van der Waals surface area contributed by atoms with Crippen molar-refractivity contribution in [3.05, 3.63) is 41.5 Å². The Balaban J connectivity index is 1.79. The Morgan fingerprint density at radius 2 is 2.17 bits per heavy atom. The molecule has 6 nitrogen and oxygen atoms in total. The molecule has 29 heavy (non-hydrogen) atoms. The number of benzene rings is 1. The van der Waals surface area contributed by atoms with Crippen molar-refractivity contribution < 1.29 is 23.1 Å². The Morgan fingerprint density at radius 1 is 1.38 bits per heavy atom. The standard InChI is InChI=1S/C19H21F2N3O3S2/c1-2-27-18(25)17(29-16-9-22-11-28-16)23-19(26)24(10-12-4-3-5-12)13-6-7-14(20)15(21)8-13/h6-9,11-12,17H,2-5,10H2,1H3,(H,23,26). The van der Waals surface area contributed by atoms with Crippen molar-refractivity contribution in [2.24, 2.45) is 5.92 Å². The number of urea groups is 1. The van der Waals surface area contributed by atoms with Crippen LogP contribution in [0, 0.1) is 17.6 Å². The van der Waals surface area contributed by atoms with E-state index >= 15 is 0 Å². The van der Waals surface area contributed by atoms with Crippen LogP contribution in [0.3, 0.4) is 0 Å². The van der Waals surface area contributed by atoms with E-state index in [4.69, 9.17) is 4.74 Å². The van der Waals surface area contributed by atoms with Crippen LogP contribution < -0.4 is 10.2 Å². The van der Waals surface area contributed by atoms with E-state index in [0.29, 0.717) is 6.54 Å². The fraction of sp³-hybridized carbons (Fsp3) is 0.421. The smallest absolute Gasteiger partial charge is 0.339 e. The number of nitrogens with zero attached hydrogens (tertiary/aromatic N) is 2. The molecule has 3 rings (SSSR count). The zero-order valence-corrected chi connectivity index (χ0v) is 17.4. The molecule has 1 aliphatic rings. The number of halogens is 2. The van der Waals surface area contributed by atoms with E-state index < -0.39 is 29.0 Å². The highest BCUT2D eigenvalue weighted by Gasteiger charge is 2.30. The van der Waals surface area contributed by atoms with Gasteiger partial charge in [-0.25, -0.2) is 18.4 Å². The summed E-state index contributed by atoms with van der Waals surface area (Å²) >= 11 is 2.45. The zero-order chi connectivity index (χ0) is 20.8. The highest BCUT2D eigenvalue weighted by Crippen LogP contribution is 2.30. The van der Waals surface area contributed by atoms with Crippen molar-refractivity contribution in [2.45, 2.75) is 35.8 Å². The minimum absolute atomic E-state index is 0.170. The predicted octanol–water partition coefficient (Wildman–Crippen LogP) is 4.42. The van der Waals surface area contributed by atoms with E-state index in [1.165, 1.54) is 22.3 Å². The normalized spacial score (nSPS) is 14.7. The van der Waals surface area contributed by atoms with Crippen molar-refractivity contribution in [1.29, 1.82) is 0 Å². The number of amides is 2. The fourth-order valence-electron chi connectivity index (χ4n) is 2.82. The van der Waals surface area contributed by atoms with Gasteiger partial charge < -0.3 is 10.1 Å². The number of carbonyl (C=O) groups is 2. The first-order valence-electron chi connectivity index (χ1n) is 9.22. The molecule has 1 saturated carbocycles. The van der Waals surface area contributed by atoms with Crippen LogP contribution in [0.1, 0.15) is 26.2 Å². The molecule has 1 aromatic carbocycles. The summed E-state index contributed by atoms with van der Waals surface area (Å²) in [7, 11) is 0. The first-order chi connectivity index (χ1) is 14.0. The van der Waals surface area contributed by atoms with Gasteiger partial charge in [-0.05, 0) is 37.8 Å². The lowest BCUT2D eigenvalue weighted by molar-refractivity contribution is -0.142. The van der Waals surface area contributed by atoms with Crippen LogP contribution in [0.4, 0.5) is 19.3 Å². The van der Waals surface area contributed by atoms with Gasteiger partial charge in [0.1, 0.15) is 0 Å². The third-order valence-corrected chi connectivity index (χ3v) is 6.55. The molecule has 0 bridgehead atoms. The lowest BCUT2D eigenvalue weighted by atomic mass is 9.85. The first kappa shape index (κ1) is 21.5. The van der Waals surface area contributed by atoms with Gasteiger partial charge in [-0.2, -0.15) is 0 Å². The lowest BCUT2D eigenvalue weighted by Crippen LogP contribution is -2.49. The van der Waals surface area contributed by atoms with Crippen LogP contribution >= 0.6 is 23.1 Å². The Kier molecular flexibility index (Phi) is 7.43. The summed E-state index contributed by atoms with van der Waals surface area (Å²) in [6.07, 6.45) is 4.59. The number of hydrogen-bond donors (Lipinski definition) is 1. The molecule has 0 saturated heterocycles. The van der Waals surface area contributed by atoms with Crippen molar-refractivity contribution >= 4 is 40.8 Å². The lowest BCUT2D eigenvalue weighted by Gasteiger charge is -2.33. The van der Waals surface area contributed by atoms with Crippen LogP contribution in [0.2, 0.25) is 0 Å². The highest BCUT2D eigenvalue weighted by atomic mass is 32.2. The molecule has 1 aromatic heterocycles. The molecule has 1 unspecified atom stereocenters. The number of thioether (sulfide) groups is 1. The molecule has 1 heterocycles. The molecular formula is C19H21F2N3O3S2. The van der Waals surface area contributed by atoms with Gasteiger partial charge in [0.2, 0.25) is 0 Å². The minimum Gasteiger partial charge on any atom is -0.464 e. The summed E-state index contributed by atoms with van der Waals surface area (Å²) in [5.41, 5.74) is 1.86. The van der Waals surface area contributed by atoms with Crippen LogP contribution in [0.25, 0.3) is 0 Å². The summed E-state index contributed by atoms with van der Waals surface area (Å²) in [5.74, 6) is -2.32. The number of hydrogen-bond acceptors (Lipinski definition) is 6. The number of ether oxygens (including phenoxy) is 1. The van der Waals surface area contributed by atoms with Gasteiger partial charge in [-0.1, -0.05) is 18.2 Å². The van der Waals surface area contributed by atoms with Crippen LogP contribution in [0.5, 0.6) is 0 Å². The third kappa shape index (κ3) is 5.66. The second-order valence-corrected chi connectivity index (χ2v) is 8.82. The average molecular weight is 442 g/mol. The summed E-state index contributed by atoms with van der Waals surface area (Å²) in [4.78, 5) is 30.7. The molecule has 0 radical (unpaired) electrons. The van der Waals surface area contributed by atoms with Gasteiger partial charge in [-0.15, -0.1) is 11.3 Å². The maximum absolute atomic E-state index is 13.8. The second kappa shape index (κ2) is 10.0. The molecule has 10 heteroatoms. The van der Waals surface area contributed by atoms with Gasteiger partial charge in [0.25, 0.3) is 0 Å². The topological polar surface area (TPSA) is 71.5 Å². The van der Waals surface area contributed by atoms with E-state index in [9.17, 15) is 18.4 Å². The molecule has 0 spiro atoms. The molecule has 1 atom stereocenters. The fourth-order valence-corrected chi connectivity index (χ4v) is 4.48. The number of nitrogens with one attached hydrogen (secondary N) is 1. The van der Waals surface area contributed by atoms with Crippen molar-refractivity contribution in [3.8, 4) is 0 Å². The van der Waals surface area contributed by atoms with E-state index in [2.05, 4.69) is 10.3 Å². The Bertz CT molecular complexity index is 847. The summed E-state index contributed by atoms with van der Waals surface area (Å²) in [5, 5.41) is 1.68. The maximum atomic E-state index is 13.8. The molecule has 0 aliphatic heterocycles. The van der Waals surface area contributed by atoms with Crippen molar-refractivity contribution in [3.63, 3.8) is 0 Å². The number of anilines is 1.